The first-order valence-corrected chi connectivity index (χ1v) is 6.00. The largest absolute Gasteiger partial charge is 0.481 e. The SMILES string of the molecule is CCCCC[C@H](CC(=O)O)c1ccccc1. The quantitative estimate of drug-likeness (QED) is 0.709. The molecule has 2 nitrogen and oxygen atoms in total. The zero-order valence-corrected chi connectivity index (χ0v) is 9.86. The minimum atomic E-state index is -0.703. The van der Waals surface area contributed by atoms with E-state index >= 15 is 0 Å². The van der Waals surface area contributed by atoms with Crippen molar-refractivity contribution in [1.29, 1.82) is 0 Å². The molecule has 1 N–H and O–H groups in total. The van der Waals surface area contributed by atoms with Gasteiger partial charge in [-0.25, -0.2) is 0 Å². The summed E-state index contributed by atoms with van der Waals surface area (Å²) in [6.45, 7) is 2.16. The lowest BCUT2D eigenvalue weighted by Crippen LogP contribution is -2.06. The Balaban J connectivity index is 2.60. The second kappa shape index (κ2) is 7.04. The van der Waals surface area contributed by atoms with Gasteiger partial charge in [0.05, 0.1) is 6.42 Å². The monoisotopic (exact) mass is 220 g/mol. The van der Waals surface area contributed by atoms with Crippen molar-refractivity contribution in [2.75, 3.05) is 0 Å². The van der Waals surface area contributed by atoms with Gasteiger partial charge in [-0.05, 0) is 17.9 Å². The third-order valence-corrected chi connectivity index (χ3v) is 2.85. The first-order chi connectivity index (χ1) is 7.74. The summed E-state index contributed by atoms with van der Waals surface area (Å²) in [5, 5.41) is 8.90. The molecule has 0 radical (unpaired) electrons. The summed E-state index contributed by atoms with van der Waals surface area (Å²) >= 11 is 0. The number of hydrogen-bond acceptors (Lipinski definition) is 1. The molecule has 0 spiro atoms. The van der Waals surface area contributed by atoms with Crippen LogP contribution in [0.4, 0.5) is 0 Å². The zero-order valence-electron chi connectivity index (χ0n) is 9.86. The van der Waals surface area contributed by atoms with Gasteiger partial charge in [0.1, 0.15) is 0 Å². The van der Waals surface area contributed by atoms with Gasteiger partial charge in [0.15, 0.2) is 0 Å². The molecule has 0 bridgehead atoms. The molecule has 0 aromatic heterocycles. The first-order valence-electron chi connectivity index (χ1n) is 6.00. The number of carbonyl (C=O) groups is 1. The Morgan fingerprint density at radius 2 is 1.94 bits per heavy atom. The van der Waals surface area contributed by atoms with E-state index in [0.29, 0.717) is 0 Å². The Hall–Kier alpha value is -1.31. The average Bonchev–Trinajstić information content (AvgIpc) is 2.29. The van der Waals surface area contributed by atoms with Gasteiger partial charge in [0.25, 0.3) is 0 Å². The summed E-state index contributed by atoms with van der Waals surface area (Å²) in [7, 11) is 0. The van der Waals surface area contributed by atoms with E-state index in [0.717, 1.165) is 18.4 Å². The van der Waals surface area contributed by atoms with Crippen molar-refractivity contribution >= 4 is 5.97 Å². The molecule has 0 aliphatic heterocycles. The number of hydrogen-bond donors (Lipinski definition) is 1. The molecule has 0 saturated carbocycles. The molecule has 0 saturated heterocycles. The highest BCUT2D eigenvalue weighted by atomic mass is 16.4. The Morgan fingerprint density at radius 1 is 1.25 bits per heavy atom. The van der Waals surface area contributed by atoms with Crippen LogP contribution >= 0.6 is 0 Å². The molecule has 0 amide bonds. The van der Waals surface area contributed by atoms with Crippen molar-refractivity contribution in [3.8, 4) is 0 Å². The van der Waals surface area contributed by atoms with Crippen molar-refractivity contribution in [2.45, 2.75) is 44.9 Å². The van der Waals surface area contributed by atoms with Crippen LogP contribution in [0.1, 0.15) is 50.5 Å². The summed E-state index contributed by atoms with van der Waals surface area (Å²) in [5.74, 6) is -0.532. The Bertz CT molecular complexity index is 306. The van der Waals surface area contributed by atoms with E-state index in [4.69, 9.17) is 5.11 Å². The highest BCUT2D eigenvalue weighted by Gasteiger charge is 2.14. The molecule has 88 valence electrons. The number of carboxylic acids is 1. The van der Waals surface area contributed by atoms with Gasteiger partial charge in [-0.1, -0.05) is 56.5 Å². The summed E-state index contributed by atoms with van der Waals surface area (Å²) in [4.78, 5) is 10.8. The summed E-state index contributed by atoms with van der Waals surface area (Å²) in [6, 6.07) is 9.97. The van der Waals surface area contributed by atoms with E-state index < -0.39 is 5.97 Å². The lowest BCUT2D eigenvalue weighted by atomic mass is 9.90. The summed E-state index contributed by atoms with van der Waals surface area (Å²) in [6.07, 6.45) is 4.69. The van der Waals surface area contributed by atoms with E-state index in [9.17, 15) is 4.79 Å². The molecule has 1 aromatic rings. The Labute approximate surface area is 97.3 Å². The maximum Gasteiger partial charge on any atom is 0.303 e. The van der Waals surface area contributed by atoms with Crippen LogP contribution in [-0.2, 0) is 4.79 Å². The first kappa shape index (κ1) is 12.8. The van der Waals surface area contributed by atoms with Gasteiger partial charge in [-0.2, -0.15) is 0 Å². The van der Waals surface area contributed by atoms with Crippen LogP contribution in [0.2, 0.25) is 0 Å². The number of aliphatic carboxylic acids is 1. The van der Waals surface area contributed by atoms with Gasteiger partial charge < -0.3 is 5.11 Å². The van der Waals surface area contributed by atoms with Crippen molar-refractivity contribution in [3.63, 3.8) is 0 Å². The molecule has 1 rings (SSSR count). The molecule has 1 atom stereocenters. The van der Waals surface area contributed by atoms with Crippen LogP contribution in [0, 0.1) is 0 Å². The normalized spacial score (nSPS) is 12.3. The minimum Gasteiger partial charge on any atom is -0.481 e. The van der Waals surface area contributed by atoms with Gasteiger partial charge in [0.2, 0.25) is 0 Å². The predicted octanol–water partition coefficient (Wildman–Crippen LogP) is 3.83. The van der Waals surface area contributed by atoms with E-state index in [-0.39, 0.29) is 12.3 Å². The van der Waals surface area contributed by atoms with Gasteiger partial charge >= 0.3 is 5.97 Å². The molecule has 16 heavy (non-hydrogen) atoms. The second-order valence-corrected chi connectivity index (χ2v) is 4.20. The van der Waals surface area contributed by atoms with Crippen molar-refractivity contribution < 1.29 is 9.90 Å². The molecule has 0 fully saturated rings. The van der Waals surface area contributed by atoms with E-state index in [1.54, 1.807) is 0 Å². The molecular formula is C14H20O2. The molecule has 1 aromatic carbocycles. The maximum atomic E-state index is 10.8. The molecule has 0 unspecified atom stereocenters. The van der Waals surface area contributed by atoms with Crippen LogP contribution in [0.15, 0.2) is 30.3 Å². The average molecular weight is 220 g/mol. The highest BCUT2D eigenvalue weighted by Crippen LogP contribution is 2.25. The third-order valence-electron chi connectivity index (χ3n) is 2.85. The van der Waals surface area contributed by atoms with Crippen LogP contribution in [0.3, 0.4) is 0 Å². The van der Waals surface area contributed by atoms with Crippen LogP contribution < -0.4 is 0 Å². The standard InChI is InChI=1S/C14H20O2/c1-2-3-5-10-13(11-14(15)16)12-8-6-4-7-9-12/h4,6-9,13H,2-3,5,10-11H2,1H3,(H,15,16)/t13-/m1/s1. The second-order valence-electron chi connectivity index (χ2n) is 4.20. The lowest BCUT2D eigenvalue weighted by molar-refractivity contribution is -0.137. The fraction of sp³-hybridized carbons (Fsp3) is 0.500. The number of benzene rings is 1. The van der Waals surface area contributed by atoms with Crippen LogP contribution in [0.25, 0.3) is 0 Å². The zero-order chi connectivity index (χ0) is 11.8. The molecule has 0 aliphatic rings. The lowest BCUT2D eigenvalue weighted by Gasteiger charge is -2.14. The molecule has 0 heterocycles. The Kier molecular flexibility index (Phi) is 5.62. The van der Waals surface area contributed by atoms with Gasteiger partial charge in [-0.3, -0.25) is 4.79 Å². The van der Waals surface area contributed by atoms with Crippen molar-refractivity contribution in [2.24, 2.45) is 0 Å². The minimum absolute atomic E-state index is 0.172. The van der Waals surface area contributed by atoms with E-state index in [2.05, 4.69) is 6.92 Å². The number of rotatable bonds is 7. The fourth-order valence-electron chi connectivity index (χ4n) is 1.96. The maximum absolute atomic E-state index is 10.8. The molecular weight excluding hydrogens is 200 g/mol. The highest BCUT2D eigenvalue weighted by molar-refractivity contribution is 5.68. The van der Waals surface area contributed by atoms with Crippen LogP contribution in [-0.4, -0.2) is 11.1 Å². The number of carboxylic acid groups (broad SMARTS) is 1. The van der Waals surface area contributed by atoms with Crippen molar-refractivity contribution in [1.82, 2.24) is 0 Å². The van der Waals surface area contributed by atoms with Crippen LogP contribution in [0.5, 0.6) is 0 Å². The smallest absolute Gasteiger partial charge is 0.303 e. The molecule has 2 heteroatoms. The predicted molar refractivity (Wildman–Crippen MR) is 65.6 cm³/mol. The topological polar surface area (TPSA) is 37.3 Å². The summed E-state index contributed by atoms with van der Waals surface area (Å²) < 4.78 is 0. The van der Waals surface area contributed by atoms with E-state index in [1.165, 1.54) is 12.8 Å². The Morgan fingerprint density at radius 3 is 2.50 bits per heavy atom. The van der Waals surface area contributed by atoms with E-state index in [1.807, 2.05) is 30.3 Å². The van der Waals surface area contributed by atoms with Gasteiger partial charge in [-0.15, -0.1) is 0 Å². The van der Waals surface area contributed by atoms with Crippen molar-refractivity contribution in [3.05, 3.63) is 35.9 Å². The fourth-order valence-corrected chi connectivity index (χ4v) is 1.96. The summed E-state index contributed by atoms with van der Waals surface area (Å²) in [5.41, 5.74) is 1.15. The molecule has 0 aliphatic carbocycles. The third kappa shape index (κ3) is 4.47. The van der Waals surface area contributed by atoms with Gasteiger partial charge in [0, 0.05) is 0 Å². The number of unbranched alkanes of at least 4 members (excludes halogenated alkanes) is 2.